The van der Waals surface area contributed by atoms with Crippen molar-refractivity contribution >= 4 is 28.9 Å². The van der Waals surface area contributed by atoms with Crippen LogP contribution in [0.5, 0.6) is 0 Å². The van der Waals surface area contributed by atoms with Crippen LogP contribution < -0.4 is 16.0 Å². The van der Waals surface area contributed by atoms with E-state index in [0.29, 0.717) is 0 Å². The van der Waals surface area contributed by atoms with Gasteiger partial charge in [-0.05, 0) is 55.8 Å². The number of amides is 2. The Labute approximate surface area is 240 Å². The zero-order valence-electron chi connectivity index (χ0n) is 22.4. The summed E-state index contributed by atoms with van der Waals surface area (Å²) in [5.74, 6) is -3.15. The first kappa shape index (κ1) is 30.8. The van der Waals surface area contributed by atoms with Crippen molar-refractivity contribution in [2.45, 2.75) is 32.1 Å². The Morgan fingerprint density at radius 3 is 1.60 bits per heavy atom. The minimum Gasteiger partial charge on any atom is -0.362 e. The maximum absolute atomic E-state index is 13.6. The number of carbonyl (C=O) groups excluding carboxylic acids is 2. The van der Waals surface area contributed by atoms with E-state index in [9.17, 15) is 46.0 Å². The van der Waals surface area contributed by atoms with Gasteiger partial charge in [0.1, 0.15) is 0 Å². The molecule has 1 aliphatic heterocycles. The van der Waals surface area contributed by atoms with Crippen LogP contribution in [0.1, 0.15) is 36.5 Å². The molecule has 0 bridgehead atoms. The summed E-state index contributed by atoms with van der Waals surface area (Å²) in [6, 6.07) is 12.8. The Hall–Kier alpha value is -5.14. The van der Waals surface area contributed by atoms with Gasteiger partial charge in [-0.15, -0.1) is 0 Å². The number of dihydropyridines is 1. The maximum atomic E-state index is 13.6. The molecule has 43 heavy (non-hydrogen) atoms. The number of anilines is 2. The fourth-order valence-corrected chi connectivity index (χ4v) is 4.69. The molecule has 0 radical (unpaired) electrons. The second-order valence-corrected chi connectivity index (χ2v) is 9.55. The van der Waals surface area contributed by atoms with Gasteiger partial charge in [0.15, 0.2) is 0 Å². The van der Waals surface area contributed by atoms with Gasteiger partial charge >= 0.3 is 12.4 Å². The van der Waals surface area contributed by atoms with E-state index in [1.807, 2.05) is 0 Å². The van der Waals surface area contributed by atoms with Crippen LogP contribution in [-0.4, -0.2) is 16.7 Å². The predicted molar refractivity (Wildman–Crippen MR) is 145 cm³/mol. The molecule has 0 saturated carbocycles. The van der Waals surface area contributed by atoms with E-state index in [1.54, 1.807) is 0 Å². The molecule has 1 heterocycles. The van der Waals surface area contributed by atoms with E-state index in [-0.39, 0.29) is 45.2 Å². The van der Waals surface area contributed by atoms with Crippen LogP contribution >= 0.6 is 0 Å². The number of hydrogen-bond donors (Lipinski definition) is 3. The number of non-ortho nitro benzene ring substituents is 1. The highest BCUT2D eigenvalue weighted by Crippen LogP contribution is 2.41. The van der Waals surface area contributed by atoms with Crippen LogP contribution in [0.4, 0.5) is 43.4 Å². The molecule has 14 heteroatoms. The first-order valence-corrected chi connectivity index (χ1v) is 12.5. The minimum absolute atomic E-state index is 0.109. The third kappa shape index (κ3) is 6.85. The number of halogens is 6. The average molecular weight is 605 g/mol. The largest absolute Gasteiger partial charge is 0.416 e. The zero-order chi connectivity index (χ0) is 31.7. The van der Waals surface area contributed by atoms with E-state index in [2.05, 4.69) is 16.0 Å². The quantitative estimate of drug-likeness (QED) is 0.157. The number of rotatable bonds is 6. The fraction of sp³-hybridized carbons (Fsp3) is 0.172. The summed E-state index contributed by atoms with van der Waals surface area (Å²) < 4.78 is 79.6. The number of carbonyl (C=O) groups is 2. The number of hydrogen-bond acceptors (Lipinski definition) is 5. The molecule has 0 saturated heterocycles. The van der Waals surface area contributed by atoms with Crippen molar-refractivity contribution in [2.75, 3.05) is 10.6 Å². The molecular weight excluding hydrogens is 582 g/mol. The molecule has 4 rings (SSSR count). The van der Waals surface area contributed by atoms with Gasteiger partial charge in [0, 0.05) is 52.0 Å². The van der Waals surface area contributed by atoms with Crippen LogP contribution in [-0.2, 0) is 21.9 Å². The Balaban J connectivity index is 1.79. The predicted octanol–water partition coefficient (Wildman–Crippen LogP) is 7.14. The molecule has 3 aromatic carbocycles. The third-order valence-corrected chi connectivity index (χ3v) is 6.56. The molecule has 1 aliphatic rings. The van der Waals surface area contributed by atoms with Crippen molar-refractivity contribution in [1.82, 2.24) is 5.32 Å². The van der Waals surface area contributed by atoms with E-state index in [0.717, 1.165) is 42.5 Å². The summed E-state index contributed by atoms with van der Waals surface area (Å²) in [6.45, 7) is 2.94. The highest BCUT2D eigenvalue weighted by Gasteiger charge is 2.38. The molecule has 2 amide bonds. The summed E-state index contributed by atoms with van der Waals surface area (Å²) in [6.07, 6.45) is -9.38. The van der Waals surface area contributed by atoms with E-state index < -0.39 is 46.1 Å². The monoisotopic (exact) mass is 604 g/mol. The first-order chi connectivity index (χ1) is 20.1. The van der Waals surface area contributed by atoms with Crippen LogP contribution in [0.25, 0.3) is 0 Å². The number of nitro benzene ring substituents is 1. The lowest BCUT2D eigenvalue weighted by Crippen LogP contribution is -2.35. The van der Waals surface area contributed by atoms with Gasteiger partial charge in [-0.2, -0.15) is 26.3 Å². The molecule has 0 atom stereocenters. The number of alkyl halides is 6. The van der Waals surface area contributed by atoms with E-state index >= 15 is 0 Å². The Bertz CT molecular complexity index is 1580. The highest BCUT2D eigenvalue weighted by atomic mass is 19.4. The molecule has 0 spiro atoms. The molecular formula is C29H22F6N4O4. The average Bonchev–Trinajstić information content (AvgIpc) is 2.92. The van der Waals surface area contributed by atoms with Crippen molar-refractivity contribution in [3.63, 3.8) is 0 Å². The molecule has 0 unspecified atom stereocenters. The maximum Gasteiger partial charge on any atom is 0.416 e. The van der Waals surface area contributed by atoms with E-state index in [1.165, 1.54) is 44.2 Å². The molecule has 0 fully saturated rings. The van der Waals surface area contributed by atoms with Crippen LogP contribution in [0.2, 0.25) is 0 Å². The lowest BCUT2D eigenvalue weighted by Gasteiger charge is -2.31. The molecule has 0 aromatic heterocycles. The van der Waals surface area contributed by atoms with Gasteiger partial charge in [0.25, 0.3) is 17.5 Å². The highest BCUT2D eigenvalue weighted by molar-refractivity contribution is 6.12. The number of nitrogens with zero attached hydrogens (tertiary/aromatic N) is 1. The lowest BCUT2D eigenvalue weighted by molar-refractivity contribution is -0.384. The van der Waals surface area contributed by atoms with Crippen molar-refractivity contribution in [3.05, 3.63) is 122 Å². The van der Waals surface area contributed by atoms with Gasteiger partial charge in [-0.3, -0.25) is 19.7 Å². The lowest BCUT2D eigenvalue weighted by atomic mass is 9.79. The molecule has 3 aromatic rings. The zero-order valence-corrected chi connectivity index (χ0v) is 22.4. The number of nitrogens with one attached hydrogen (secondary N) is 3. The van der Waals surface area contributed by atoms with Crippen molar-refractivity contribution in [3.8, 4) is 0 Å². The summed E-state index contributed by atoms with van der Waals surface area (Å²) in [5.41, 5.74) is -2.66. The standard InChI is InChI=1S/C29H22F6N4O4/c1-15-23(26(40)37-20-9-4-7-18(13-20)28(30,31)32)25(17-6-3-11-22(12-17)39(42)43)24(16(2)36-15)27(41)38-21-10-5-8-19(14-21)29(33,34)35/h3-14,25,36H,1-2H3,(H,37,40)(H,38,41). The molecule has 8 nitrogen and oxygen atoms in total. The van der Waals surface area contributed by atoms with Crippen molar-refractivity contribution in [1.29, 1.82) is 0 Å². The second kappa shape index (κ2) is 11.6. The first-order valence-electron chi connectivity index (χ1n) is 12.5. The summed E-state index contributed by atoms with van der Waals surface area (Å²) >= 11 is 0. The fourth-order valence-electron chi connectivity index (χ4n) is 4.69. The number of allylic oxidation sites excluding steroid dienone is 2. The smallest absolute Gasteiger partial charge is 0.362 e. The minimum atomic E-state index is -4.69. The Kier molecular flexibility index (Phi) is 8.33. The Morgan fingerprint density at radius 1 is 0.744 bits per heavy atom. The van der Waals surface area contributed by atoms with Gasteiger partial charge in [0.2, 0.25) is 0 Å². The van der Waals surface area contributed by atoms with E-state index in [4.69, 9.17) is 0 Å². The topological polar surface area (TPSA) is 113 Å². The summed E-state index contributed by atoms with van der Waals surface area (Å²) in [4.78, 5) is 38.1. The van der Waals surface area contributed by atoms with Crippen LogP contribution in [0.3, 0.4) is 0 Å². The Morgan fingerprint density at radius 2 is 1.19 bits per heavy atom. The molecule has 3 N–H and O–H groups in total. The van der Waals surface area contributed by atoms with Crippen molar-refractivity contribution < 1.29 is 40.9 Å². The van der Waals surface area contributed by atoms with Crippen LogP contribution in [0, 0.1) is 10.1 Å². The third-order valence-electron chi connectivity index (χ3n) is 6.56. The SMILES string of the molecule is CC1=C(C(=O)Nc2cccc(C(F)(F)F)c2)C(c2cccc([N+](=O)[O-])c2)C(C(=O)Nc2cccc(C(F)(F)F)c2)=C(C)N1. The summed E-state index contributed by atoms with van der Waals surface area (Å²) in [7, 11) is 0. The normalized spacial score (nSPS) is 14.3. The van der Waals surface area contributed by atoms with Gasteiger partial charge in [-0.25, -0.2) is 0 Å². The number of benzene rings is 3. The second-order valence-electron chi connectivity index (χ2n) is 9.55. The summed E-state index contributed by atoms with van der Waals surface area (Å²) in [5, 5.41) is 19.2. The molecule has 224 valence electrons. The van der Waals surface area contributed by atoms with Gasteiger partial charge in [-0.1, -0.05) is 24.3 Å². The number of nitro groups is 1. The van der Waals surface area contributed by atoms with Crippen LogP contribution in [0.15, 0.2) is 95.3 Å². The van der Waals surface area contributed by atoms with Gasteiger partial charge < -0.3 is 16.0 Å². The molecule has 0 aliphatic carbocycles. The van der Waals surface area contributed by atoms with Crippen molar-refractivity contribution in [2.24, 2.45) is 0 Å². The van der Waals surface area contributed by atoms with Gasteiger partial charge in [0.05, 0.1) is 16.1 Å².